The van der Waals surface area contributed by atoms with E-state index in [9.17, 15) is 13.6 Å². The van der Waals surface area contributed by atoms with Crippen LogP contribution < -0.4 is 11.1 Å². The summed E-state index contributed by atoms with van der Waals surface area (Å²) in [5, 5.41) is 3.42. The monoisotopic (exact) mass is 378 g/mol. The molecule has 0 fully saturated rings. The Morgan fingerprint density at radius 2 is 2.24 bits per heavy atom. The van der Waals surface area contributed by atoms with Crippen LogP contribution in [0.15, 0.2) is 22.7 Å². The number of rotatable bonds is 6. The molecule has 114 valence electrons. The molecule has 21 heavy (non-hydrogen) atoms. The predicted octanol–water partition coefficient (Wildman–Crippen LogP) is 3.26. The second-order valence-corrected chi connectivity index (χ2v) is 6.18. The highest BCUT2D eigenvalue weighted by Gasteiger charge is 2.16. The second kappa shape index (κ2) is 7.15. The molecule has 1 aromatic heterocycles. The number of hydrogen-bond donors (Lipinski definition) is 2. The third-order valence-corrected chi connectivity index (χ3v) is 4.33. The molecule has 0 aliphatic rings. The van der Waals surface area contributed by atoms with E-state index < -0.39 is 13.0 Å². The number of benzene rings is 1. The normalized spacial score (nSPS) is 11.2. The number of halogens is 3. The average Bonchev–Trinajstić information content (AvgIpc) is 2.74. The molecular weight excluding hydrogens is 366 g/mol. The SMILES string of the molecule is Nc1c(C(=O)NCCOCC(F)F)sc2cc(Br)ccc12. The number of hydrogen-bond acceptors (Lipinski definition) is 4. The fraction of sp³-hybridized carbons (Fsp3) is 0.308. The summed E-state index contributed by atoms with van der Waals surface area (Å²) >= 11 is 4.65. The van der Waals surface area contributed by atoms with Gasteiger partial charge in [0.2, 0.25) is 0 Å². The highest BCUT2D eigenvalue weighted by molar-refractivity contribution is 9.10. The van der Waals surface area contributed by atoms with E-state index >= 15 is 0 Å². The van der Waals surface area contributed by atoms with Crippen LogP contribution in [0.4, 0.5) is 14.5 Å². The van der Waals surface area contributed by atoms with Gasteiger partial charge in [0.05, 0.1) is 12.3 Å². The van der Waals surface area contributed by atoms with E-state index in [-0.39, 0.29) is 19.1 Å². The molecule has 0 saturated heterocycles. The van der Waals surface area contributed by atoms with Crippen molar-refractivity contribution in [3.05, 3.63) is 27.5 Å². The van der Waals surface area contributed by atoms with Crippen molar-refractivity contribution in [3.63, 3.8) is 0 Å². The van der Waals surface area contributed by atoms with Crippen molar-refractivity contribution in [1.82, 2.24) is 5.32 Å². The van der Waals surface area contributed by atoms with Crippen molar-refractivity contribution in [2.75, 3.05) is 25.5 Å². The summed E-state index contributed by atoms with van der Waals surface area (Å²) in [5.74, 6) is -0.328. The average molecular weight is 379 g/mol. The maximum Gasteiger partial charge on any atom is 0.263 e. The van der Waals surface area contributed by atoms with E-state index in [2.05, 4.69) is 26.0 Å². The molecule has 1 amide bonds. The lowest BCUT2D eigenvalue weighted by Crippen LogP contribution is -2.27. The van der Waals surface area contributed by atoms with Crippen LogP contribution in [-0.2, 0) is 4.74 Å². The van der Waals surface area contributed by atoms with E-state index in [0.717, 1.165) is 14.6 Å². The number of nitrogens with two attached hydrogens (primary N) is 1. The summed E-state index contributed by atoms with van der Waals surface area (Å²) in [7, 11) is 0. The van der Waals surface area contributed by atoms with Crippen molar-refractivity contribution in [2.45, 2.75) is 6.43 Å². The maximum absolute atomic E-state index is 12.0. The Morgan fingerprint density at radius 3 is 2.95 bits per heavy atom. The van der Waals surface area contributed by atoms with Gasteiger partial charge in [0.25, 0.3) is 12.3 Å². The summed E-state index contributed by atoms with van der Waals surface area (Å²) in [6.45, 7) is -0.440. The number of thiophene rings is 1. The van der Waals surface area contributed by atoms with Crippen LogP contribution >= 0.6 is 27.3 Å². The van der Waals surface area contributed by atoms with Crippen molar-refractivity contribution < 1.29 is 18.3 Å². The molecule has 0 saturated carbocycles. The number of carbonyl (C=O) groups excluding carboxylic acids is 1. The number of alkyl halides is 2. The summed E-state index contributed by atoms with van der Waals surface area (Å²) in [5.41, 5.74) is 6.39. The fourth-order valence-corrected chi connectivity index (χ4v) is 3.34. The van der Waals surface area contributed by atoms with Crippen LogP contribution in [-0.4, -0.2) is 32.1 Å². The number of nitrogen functional groups attached to an aromatic ring is 1. The summed E-state index contributed by atoms with van der Waals surface area (Å²) in [4.78, 5) is 12.4. The molecule has 2 aromatic rings. The van der Waals surface area contributed by atoms with Gasteiger partial charge in [0.1, 0.15) is 11.5 Å². The van der Waals surface area contributed by atoms with Crippen LogP contribution in [0.3, 0.4) is 0 Å². The van der Waals surface area contributed by atoms with Crippen LogP contribution in [0.1, 0.15) is 9.67 Å². The van der Waals surface area contributed by atoms with Crippen molar-refractivity contribution in [3.8, 4) is 0 Å². The standard InChI is InChI=1S/C13H13BrF2N2O2S/c14-7-1-2-8-9(5-7)21-12(11(8)17)13(19)18-3-4-20-6-10(15)16/h1-2,5,10H,3-4,6,17H2,(H,18,19). The third-order valence-electron chi connectivity index (χ3n) is 2.67. The van der Waals surface area contributed by atoms with Crippen molar-refractivity contribution >= 4 is 48.9 Å². The predicted molar refractivity (Wildman–Crippen MR) is 83.1 cm³/mol. The first-order chi connectivity index (χ1) is 9.99. The van der Waals surface area contributed by atoms with Gasteiger partial charge in [-0.3, -0.25) is 4.79 Å². The van der Waals surface area contributed by atoms with Gasteiger partial charge in [0.15, 0.2) is 0 Å². The van der Waals surface area contributed by atoms with Gasteiger partial charge in [0, 0.05) is 21.1 Å². The van der Waals surface area contributed by atoms with Crippen molar-refractivity contribution in [1.29, 1.82) is 0 Å². The Balaban J connectivity index is 1.98. The zero-order valence-corrected chi connectivity index (χ0v) is 13.3. The summed E-state index contributed by atoms with van der Waals surface area (Å²) in [6.07, 6.45) is -2.50. The molecular formula is C13H13BrF2N2O2S. The highest BCUT2D eigenvalue weighted by Crippen LogP contribution is 2.35. The molecule has 1 heterocycles. The van der Waals surface area contributed by atoms with E-state index in [4.69, 9.17) is 5.73 Å². The minimum atomic E-state index is -2.50. The lowest BCUT2D eigenvalue weighted by molar-refractivity contribution is 0.0188. The Morgan fingerprint density at radius 1 is 1.48 bits per heavy atom. The maximum atomic E-state index is 12.0. The van der Waals surface area contributed by atoms with Crippen LogP contribution in [0.5, 0.6) is 0 Å². The molecule has 3 N–H and O–H groups in total. The molecule has 8 heteroatoms. The van der Waals surface area contributed by atoms with Crippen LogP contribution in [0.2, 0.25) is 0 Å². The number of anilines is 1. The Labute approximate surface area is 132 Å². The molecule has 0 aliphatic heterocycles. The molecule has 2 rings (SSSR count). The van der Waals surface area contributed by atoms with E-state index in [1.54, 1.807) is 0 Å². The highest BCUT2D eigenvalue weighted by atomic mass is 79.9. The zero-order valence-electron chi connectivity index (χ0n) is 10.9. The first kappa shape index (κ1) is 16.1. The molecule has 0 atom stereocenters. The number of carbonyl (C=O) groups is 1. The van der Waals surface area contributed by atoms with Gasteiger partial charge in [-0.1, -0.05) is 22.0 Å². The molecule has 4 nitrogen and oxygen atoms in total. The first-order valence-corrected chi connectivity index (χ1v) is 7.71. The lowest BCUT2D eigenvalue weighted by Gasteiger charge is -2.05. The van der Waals surface area contributed by atoms with Gasteiger partial charge in [-0.25, -0.2) is 8.78 Å². The van der Waals surface area contributed by atoms with Crippen LogP contribution in [0.25, 0.3) is 10.1 Å². The lowest BCUT2D eigenvalue weighted by atomic mass is 10.2. The van der Waals surface area contributed by atoms with Gasteiger partial charge in [-0.15, -0.1) is 11.3 Å². The largest absolute Gasteiger partial charge is 0.397 e. The van der Waals surface area contributed by atoms with E-state index in [1.807, 2.05) is 18.2 Å². The van der Waals surface area contributed by atoms with Gasteiger partial charge in [-0.2, -0.15) is 0 Å². The van der Waals surface area contributed by atoms with Crippen molar-refractivity contribution in [2.24, 2.45) is 0 Å². The molecule has 0 unspecified atom stereocenters. The van der Waals surface area contributed by atoms with E-state index in [1.165, 1.54) is 11.3 Å². The summed E-state index contributed by atoms with van der Waals surface area (Å²) < 4.78 is 30.2. The number of ether oxygens (including phenoxy) is 1. The minimum Gasteiger partial charge on any atom is -0.397 e. The van der Waals surface area contributed by atoms with E-state index in [0.29, 0.717) is 10.6 Å². The smallest absolute Gasteiger partial charge is 0.263 e. The topological polar surface area (TPSA) is 64.4 Å². The Bertz CT molecular complexity index is 648. The molecule has 0 radical (unpaired) electrons. The third kappa shape index (κ3) is 4.12. The van der Waals surface area contributed by atoms with Crippen LogP contribution in [0, 0.1) is 0 Å². The fourth-order valence-electron chi connectivity index (χ4n) is 1.75. The molecule has 0 spiro atoms. The van der Waals surface area contributed by atoms with Gasteiger partial charge in [-0.05, 0) is 12.1 Å². The first-order valence-electron chi connectivity index (χ1n) is 6.10. The number of nitrogens with one attached hydrogen (secondary N) is 1. The second-order valence-electron chi connectivity index (χ2n) is 4.21. The number of fused-ring (bicyclic) bond motifs is 1. The molecule has 0 bridgehead atoms. The summed E-state index contributed by atoms with van der Waals surface area (Å²) in [6, 6.07) is 5.58. The zero-order chi connectivity index (χ0) is 15.4. The minimum absolute atomic E-state index is 0.0342. The molecule has 1 aromatic carbocycles. The van der Waals surface area contributed by atoms with Gasteiger partial charge < -0.3 is 15.8 Å². The quantitative estimate of drug-likeness (QED) is 0.758. The molecule has 0 aliphatic carbocycles. The Kier molecular flexibility index (Phi) is 5.49. The number of amides is 1. The Hall–Kier alpha value is -1.25. The van der Waals surface area contributed by atoms with Gasteiger partial charge >= 0.3 is 0 Å².